The van der Waals surface area contributed by atoms with Crippen molar-refractivity contribution in [2.24, 2.45) is 16.5 Å². The number of benzene rings is 2. The number of fused-ring (bicyclic) bond motifs is 2. The van der Waals surface area contributed by atoms with Gasteiger partial charge in [-0.3, -0.25) is 0 Å². The van der Waals surface area contributed by atoms with Gasteiger partial charge in [-0.25, -0.2) is 18.4 Å². The van der Waals surface area contributed by atoms with Gasteiger partial charge in [0.1, 0.15) is 12.4 Å². The molecule has 4 atom stereocenters. The molecule has 2 aromatic carbocycles. The van der Waals surface area contributed by atoms with E-state index >= 15 is 0 Å². The van der Waals surface area contributed by atoms with Crippen LogP contribution in [-0.2, 0) is 23.1 Å². The van der Waals surface area contributed by atoms with Crippen LogP contribution in [0.5, 0.6) is 5.75 Å². The van der Waals surface area contributed by atoms with Crippen LogP contribution in [0.25, 0.3) is 0 Å². The van der Waals surface area contributed by atoms with E-state index in [2.05, 4.69) is 11.8 Å². The minimum Gasteiger partial charge on any atom is -0.487 e. The Balaban J connectivity index is 1.57. The summed E-state index contributed by atoms with van der Waals surface area (Å²) < 4.78 is 29.4. The Hall–Kier alpha value is -2.59. The van der Waals surface area contributed by atoms with Crippen molar-refractivity contribution in [3.05, 3.63) is 70.3 Å². The maximum atomic E-state index is 11.9. The molecule has 0 aromatic heterocycles. The van der Waals surface area contributed by atoms with E-state index in [4.69, 9.17) is 21.5 Å². The van der Waals surface area contributed by atoms with Gasteiger partial charge in [-0.15, -0.1) is 0 Å². The number of aliphatic hydroxyl groups is 1. The van der Waals surface area contributed by atoms with Crippen LogP contribution in [0, 0.1) is 11.3 Å². The molecule has 0 unspecified atom stereocenters. The summed E-state index contributed by atoms with van der Waals surface area (Å²) in [4.78, 5) is 14.1. The van der Waals surface area contributed by atoms with Crippen LogP contribution >= 0.6 is 11.6 Å². The number of nitrogens with zero attached hydrogens (tertiary/aromatic N) is 1. The van der Waals surface area contributed by atoms with Crippen LogP contribution in [0.3, 0.4) is 0 Å². The second kappa shape index (κ2) is 12.5. The average Bonchev–Trinajstić information content (AvgIpc) is 2.92. The van der Waals surface area contributed by atoms with Gasteiger partial charge in [0.25, 0.3) is 0 Å². The molecule has 1 aliphatic heterocycles. The Morgan fingerprint density at radius 3 is 2.70 bits per heavy atom. The van der Waals surface area contributed by atoms with Crippen LogP contribution < -0.4 is 14.8 Å². The van der Waals surface area contributed by atoms with E-state index in [-0.39, 0.29) is 17.9 Å². The predicted octanol–water partition coefficient (Wildman–Crippen LogP) is 5.16. The van der Waals surface area contributed by atoms with Crippen LogP contribution in [0.4, 0.5) is 5.69 Å². The van der Waals surface area contributed by atoms with Gasteiger partial charge in [-0.1, -0.05) is 36.7 Å². The summed E-state index contributed by atoms with van der Waals surface area (Å²) in [6.07, 6.45) is 7.31. The number of aryl methyl sites for hydroxylation is 1. The largest absolute Gasteiger partial charge is 0.487 e. The number of hydrogen-bond donors (Lipinski definition) is 3. The van der Waals surface area contributed by atoms with Crippen molar-refractivity contribution in [2.75, 3.05) is 18.0 Å². The van der Waals surface area contributed by atoms with E-state index in [1.165, 1.54) is 0 Å². The first-order chi connectivity index (χ1) is 18.9. The molecule has 4 N–H and O–H groups in total. The number of carboxylic acid groups (broad SMARTS) is 1. The minimum atomic E-state index is -3.63. The normalized spacial score (nSPS) is 23.2. The first-order valence-electron chi connectivity index (χ1n) is 13.8. The van der Waals surface area contributed by atoms with Gasteiger partial charge in [-0.05, 0) is 92.8 Å². The van der Waals surface area contributed by atoms with E-state index < -0.39 is 32.8 Å². The van der Waals surface area contributed by atoms with Crippen LogP contribution in [0.1, 0.15) is 67.4 Å². The molecule has 1 saturated carbocycles. The number of primary sulfonamides is 1. The number of carbonyl (C=O) groups is 1. The smallest absolute Gasteiger partial charge is 0.335 e. The second-order valence-corrected chi connectivity index (χ2v) is 13.8. The summed E-state index contributed by atoms with van der Waals surface area (Å²) in [6.45, 7) is 5.29. The Morgan fingerprint density at radius 1 is 1.25 bits per heavy atom. The summed E-state index contributed by atoms with van der Waals surface area (Å²) in [6, 6.07) is 10.8. The zero-order valence-electron chi connectivity index (χ0n) is 23.1. The molecule has 1 aliphatic carbocycles. The number of sulfonamides is 1. The third kappa shape index (κ3) is 7.00. The summed E-state index contributed by atoms with van der Waals surface area (Å²) >= 11 is 6.26. The number of halogens is 1. The zero-order valence-corrected chi connectivity index (χ0v) is 24.6. The molecule has 0 saturated heterocycles. The molecular formula is C30H39ClN2O6S. The first kappa shape index (κ1) is 30.4. The number of carboxylic acids is 1. The molecule has 218 valence electrons. The monoisotopic (exact) mass is 590 g/mol. The quantitative estimate of drug-likeness (QED) is 0.362. The highest BCUT2D eigenvalue weighted by Crippen LogP contribution is 2.50. The molecule has 0 amide bonds. The summed E-state index contributed by atoms with van der Waals surface area (Å²) in [5.74, 6) is -0.239. The zero-order chi connectivity index (χ0) is 29.1. The van der Waals surface area contributed by atoms with Crippen LogP contribution in [0.2, 0.25) is 5.02 Å². The number of rotatable bonds is 8. The van der Waals surface area contributed by atoms with Crippen molar-refractivity contribution < 1.29 is 28.2 Å². The van der Waals surface area contributed by atoms with Crippen molar-refractivity contribution in [2.45, 2.75) is 70.3 Å². The number of allylic oxidation sites excluding steroid dienone is 1. The lowest BCUT2D eigenvalue weighted by molar-refractivity contribution is -0.0466. The van der Waals surface area contributed by atoms with Gasteiger partial charge in [0.2, 0.25) is 10.0 Å². The molecule has 10 heteroatoms. The number of nitrogens with two attached hydrogens (primary N) is 1. The van der Waals surface area contributed by atoms with Crippen molar-refractivity contribution in [1.82, 2.24) is 0 Å². The molecule has 2 aromatic rings. The van der Waals surface area contributed by atoms with Gasteiger partial charge in [0.05, 0.1) is 22.6 Å². The fourth-order valence-electron chi connectivity index (χ4n) is 5.58. The fourth-order valence-corrected chi connectivity index (χ4v) is 6.16. The van der Waals surface area contributed by atoms with Gasteiger partial charge in [0.15, 0.2) is 0 Å². The van der Waals surface area contributed by atoms with Gasteiger partial charge >= 0.3 is 5.97 Å². The summed E-state index contributed by atoms with van der Waals surface area (Å²) in [5.41, 5.74) is 2.75. The highest BCUT2D eigenvalue weighted by molar-refractivity contribution is 7.89. The molecule has 0 radical (unpaired) electrons. The van der Waals surface area contributed by atoms with Gasteiger partial charge in [0, 0.05) is 23.5 Å². The molecule has 0 bridgehead atoms. The lowest BCUT2D eigenvalue weighted by Gasteiger charge is -2.51. The Labute approximate surface area is 241 Å². The van der Waals surface area contributed by atoms with E-state index in [1.54, 1.807) is 37.3 Å². The van der Waals surface area contributed by atoms with Crippen molar-refractivity contribution in [1.29, 1.82) is 0 Å². The number of ether oxygens (including phenoxy) is 1. The number of aromatic carboxylic acids is 1. The standard InChI is InChI=1S/C30H39ClN2O6S/c1-20(40(32,37)38)6-5-8-28(34)30(2)14-13-24(30)18-33-15-4-3-7-21-16-25(31)11-9-23(21)19-39-27-12-10-22(29(35)36)17-26(27)33/h5,8-12,16-17,20,24,28,34H,3-4,6-7,13-15,18-19H2,1-2H3,(H,35,36)(H2,32,37,38)/b8-5+/t20-,24-,28-,30+/m1/s1. The predicted molar refractivity (Wildman–Crippen MR) is 158 cm³/mol. The Kier molecular flexibility index (Phi) is 9.50. The lowest BCUT2D eigenvalue weighted by Crippen LogP contribution is -2.51. The van der Waals surface area contributed by atoms with Crippen LogP contribution in [0.15, 0.2) is 48.6 Å². The maximum absolute atomic E-state index is 11.9. The summed E-state index contributed by atoms with van der Waals surface area (Å²) in [7, 11) is -3.63. The second-order valence-electron chi connectivity index (χ2n) is 11.3. The van der Waals surface area contributed by atoms with Crippen molar-refractivity contribution in [3.63, 3.8) is 0 Å². The number of hydrogen-bond acceptors (Lipinski definition) is 6. The molecule has 2 aliphatic rings. The highest BCUT2D eigenvalue weighted by Gasteiger charge is 2.47. The molecule has 1 fully saturated rings. The fraction of sp³-hybridized carbons (Fsp3) is 0.500. The summed E-state index contributed by atoms with van der Waals surface area (Å²) in [5, 5.41) is 26.0. The molecule has 1 heterocycles. The van der Waals surface area contributed by atoms with E-state index in [9.17, 15) is 23.4 Å². The van der Waals surface area contributed by atoms with Gasteiger partial charge in [-0.2, -0.15) is 0 Å². The lowest BCUT2D eigenvalue weighted by atomic mass is 9.58. The third-order valence-corrected chi connectivity index (χ3v) is 10.2. The number of anilines is 1. The van der Waals surface area contributed by atoms with E-state index in [0.29, 0.717) is 30.5 Å². The van der Waals surface area contributed by atoms with E-state index in [0.717, 1.165) is 48.9 Å². The molecule has 0 spiro atoms. The topological polar surface area (TPSA) is 130 Å². The Morgan fingerprint density at radius 2 is 2.02 bits per heavy atom. The minimum absolute atomic E-state index is 0.144. The molecular weight excluding hydrogens is 552 g/mol. The maximum Gasteiger partial charge on any atom is 0.335 e. The SMILES string of the molecule is C[C@H](C/C=C/[C@@H](O)[C@@]1(C)CC[C@@H]1CN1CCCCc2cc(Cl)ccc2COc2ccc(C(=O)O)cc21)S(N)(=O)=O. The Bertz CT molecular complexity index is 1360. The van der Waals surface area contributed by atoms with Crippen LogP contribution in [-0.4, -0.2) is 49.0 Å². The van der Waals surface area contributed by atoms with Crippen molar-refractivity contribution in [3.8, 4) is 5.75 Å². The van der Waals surface area contributed by atoms with E-state index in [1.807, 2.05) is 18.2 Å². The molecule has 40 heavy (non-hydrogen) atoms. The molecule has 4 rings (SSSR count). The highest BCUT2D eigenvalue weighted by atomic mass is 35.5. The number of aliphatic hydroxyl groups excluding tert-OH is 1. The average molecular weight is 591 g/mol. The first-order valence-corrected chi connectivity index (χ1v) is 15.8. The van der Waals surface area contributed by atoms with Gasteiger partial charge < -0.3 is 19.8 Å². The van der Waals surface area contributed by atoms with Crippen molar-refractivity contribution >= 4 is 33.3 Å². The third-order valence-electron chi connectivity index (χ3n) is 8.65. The molecule has 8 nitrogen and oxygen atoms in total.